The monoisotopic (exact) mass is 696 g/mol. The Morgan fingerprint density at radius 3 is 1.74 bits per heavy atom. The van der Waals surface area contributed by atoms with Gasteiger partial charge in [0.1, 0.15) is 6.10 Å². The van der Waals surface area contributed by atoms with E-state index in [0.717, 1.165) is 6.42 Å². The Morgan fingerprint density at radius 2 is 1.30 bits per heavy atom. The minimum atomic E-state index is -0.868. The first-order valence-electron chi connectivity index (χ1n) is 16.7. The Labute approximate surface area is 286 Å². The number of nitrogens with one attached hydrogen (secondary N) is 4. The molecule has 7 atom stereocenters. The molecule has 6 heterocycles. The van der Waals surface area contributed by atoms with E-state index in [1.165, 1.54) is 17.2 Å². The van der Waals surface area contributed by atoms with Crippen molar-refractivity contribution in [2.45, 2.75) is 99.0 Å². The first kappa shape index (κ1) is 36.5. The molecule has 0 bridgehead atoms. The molecule has 18 heteroatoms. The Morgan fingerprint density at radius 1 is 0.820 bits per heavy atom. The molecule has 4 aromatic heterocycles. The van der Waals surface area contributed by atoms with Crippen molar-refractivity contribution >= 4 is 51.8 Å². The van der Waals surface area contributed by atoms with Crippen LogP contribution in [0.2, 0.25) is 0 Å². The maximum Gasteiger partial charge on any atom is 0.280 e. The Bertz CT molecular complexity index is 2010. The van der Waals surface area contributed by atoms with Crippen LogP contribution < -0.4 is 21.8 Å². The molecule has 0 radical (unpaired) electrons. The number of anilines is 2. The van der Waals surface area contributed by atoms with Crippen molar-refractivity contribution in [1.29, 1.82) is 0 Å². The summed E-state index contributed by atoms with van der Waals surface area (Å²) in [5, 5.41) is 15.6. The van der Waals surface area contributed by atoms with Crippen molar-refractivity contribution in [2.75, 3.05) is 10.6 Å². The van der Waals surface area contributed by atoms with Crippen LogP contribution in [0, 0.1) is 23.7 Å². The molecule has 2 aliphatic heterocycles. The Hall–Kier alpha value is -4.81. The van der Waals surface area contributed by atoms with E-state index in [0.29, 0.717) is 6.42 Å². The van der Waals surface area contributed by atoms with E-state index in [-0.39, 0.29) is 87.7 Å². The molecule has 270 valence electrons. The largest absolute Gasteiger partial charge is 0.388 e. The van der Waals surface area contributed by atoms with Gasteiger partial charge in [-0.3, -0.25) is 53.7 Å². The van der Waals surface area contributed by atoms with Crippen LogP contribution in [0.1, 0.15) is 80.7 Å². The first-order chi connectivity index (χ1) is 23.7. The smallest absolute Gasteiger partial charge is 0.280 e. The van der Waals surface area contributed by atoms with Crippen LogP contribution in [0.3, 0.4) is 0 Å². The van der Waals surface area contributed by atoms with Gasteiger partial charge in [-0.05, 0) is 12.8 Å². The second-order valence-electron chi connectivity index (χ2n) is 13.2. The third-order valence-corrected chi connectivity index (χ3v) is 9.01. The minimum Gasteiger partial charge on any atom is -0.388 e. The maximum atomic E-state index is 12.5. The molecule has 18 nitrogen and oxygen atoms in total. The number of aromatic nitrogens is 8. The van der Waals surface area contributed by atoms with Gasteiger partial charge in [0.25, 0.3) is 11.1 Å². The van der Waals surface area contributed by atoms with Crippen LogP contribution in [0.15, 0.2) is 22.2 Å². The minimum absolute atomic E-state index is 0.0171. The van der Waals surface area contributed by atoms with E-state index in [1.807, 2.05) is 27.7 Å². The van der Waals surface area contributed by atoms with Crippen molar-refractivity contribution in [2.24, 2.45) is 23.7 Å². The summed E-state index contributed by atoms with van der Waals surface area (Å²) in [6.07, 6.45) is 1.73. The predicted molar refractivity (Wildman–Crippen MR) is 181 cm³/mol. The fraction of sp³-hybridized carbons (Fsp3) is 0.594. The Kier molecular flexibility index (Phi) is 10.6. The number of aliphatic hydroxyl groups excluding tert-OH is 1. The maximum absolute atomic E-state index is 12.5. The number of ketones is 1. The highest BCUT2D eigenvalue weighted by atomic mass is 16.5. The molecule has 5 N–H and O–H groups in total. The summed E-state index contributed by atoms with van der Waals surface area (Å²) in [7, 11) is 0. The van der Waals surface area contributed by atoms with Gasteiger partial charge in [0.15, 0.2) is 40.6 Å². The lowest BCUT2D eigenvalue weighted by Crippen LogP contribution is -2.25. The zero-order valence-electron chi connectivity index (χ0n) is 29.3. The molecule has 50 heavy (non-hydrogen) atoms. The number of aliphatic hydroxyl groups is 1. The average molecular weight is 697 g/mol. The van der Waals surface area contributed by atoms with E-state index in [9.17, 15) is 29.1 Å². The number of Topliss-reactive ketones (excluding diaryl/α,β-unsaturated/α-hetero) is 1. The number of rotatable bonds is 8. The van der Waals surface area contributed by atoms with Crippen molar-refractivity contribution < 1.29 is 29.0 Å². The summed E-state index contributed by atoms with van der Waals surface area (Å²) in [6, 6.07) is 0. The molecule has 0 spiro atoms. The summed E-state index contributed by atoms with van der Waals surface area (Å²) in [5.74, 6) is -1.36. The molecule has 2 aliphatic rings. The topological polar surface area (TPSA) is 241 Å². The van der Waals surface area contributed by atoms with Crippen molar-refractivity contribution in [3.05, 3.63) is 33.4 Å². The number of hydrogen-bond donors (Lipinski definition) is 5. The summed E-state index contributed by atoms with van der Waals surface area (Å²) in [4.78, 5) is 82.3. The molecular formula is C32H44N10O8. The highest BCUT2D eigenvalue weighted by Gasteiger charge is 2.42. The van der Waals surface area contributed by atoms with E-state index >= 15 is 0 Å². The zero-order valence-corrected chi connectivity index (χ0v) is 29.3. The molecule has 0 aromatic carbocycles. The molecule has 0 aliphatic carbocycles. The van der Waals surface area contributed by atoms with Crippen molar-refractivity contribution in [1.82, 2.24) is 39.0 Å². The number of hydrogen-bond acceptors (Lipinski definition) is 12. The van der Waals surface area contributed by atoms with Crippen LogP contribution in [0.5, 0.6) is 0 Å². The fourth-order valence-corrected chi connectivity index (χ4v) is 5.82. The second-order valence-corrected chi connectivity index (χ2v) is 13.2. The molecular weight excluding hydrogens is 652 g/mol. The van der Waals surface area contributed by atoms with Crippen LogP contribution >= 0.6 is 0 Å². The molecule has 0 saturated carbocycles. The van der Waals surface area contributed by atoms with Gasteiger partial charge in [-0.15, -0.1) is 0 Å². The number of imidazole rings is 2. The summed E-state index contributed by atoms with van der Waals surface area (Å²) in [6.45, 7) is 14.6. The molecule has 2 fully saturated rings. The molecule has 2 saturated heterocycles. The quantitative estimate of drug-likeness (QED) is 0.178. The molecule has 0 unspecified atom stereocenters. The molecule has 2 amide bonds. The number of nitrogens with zero attached hydrogens (tertiary/aromatic N) is 6. The normalized spacial score (nSPS) is 25.0. The summed E-state index contributed by atoms with van der Waals surface area (Å²) < 4.78 is 14.7. The van der Waals surface area contributed by atoms with Gasteiger partial charge in [0.05, 0.1) is 24.9 Å². The van der Waals surface area contributed by atoms with E-state index in [1.54, 1.807) is 32.3 Å². The van der Waals surface area contributed by atoms with Crippen LogP contribution in [-0.2, 0) is 23.9 Å². The van der Waals surface area contributed by atoms with Gasteiger partial charge in [-0.1, -0.05) is 55.4 Å². The number of H-pyrrole nitrogens is 2. The third kappa shape index (κ3) is 6.95. The van der Waals surface area contributed by atoms with Gasteiger partial charge < -0.3 is 14.6 Å². The van der Waals surface area contributed by atoms with Crippen LogP contribution in [0.4, 0.5) is 11.9 Å². The highest BCUT2D eigenvalue weighted by Crippen LogP contribution is 2.36. The lowest BCUT2D eigenvalue weighted by molar-refractivity contribution is -0.128. The number of amides is 2. The number of aromatic amines is 2. The molecule has 4 aromatic rings. The van der Waals surface area contributed by atoms with E-state index in [4.69, 9.17) is 9.47 Å². The number of ether oxygens (including phenoxy) is 2. The Balaban J connectivity index is 0.000000194. The highest BCUT2D eigenvalue weighted by molar-refractivity contribution is 5.92. The predicted octanol–water partition coefficient (Wildman–Crippen LogP) is 2.25. The first-order valence-corrected chi connectivity index (χ1v) is 16.7. The van der Waals surface area contributed by atoms with Gasteiger partial charge in [-0.25, -0.2) is 9.97 Å². The van der Waals surface area contributed by atoms with Gasteiger partial charge in [-0.2, -0.15) is 9.97 Å². The standard InChI is InChI=1S/C16H23N5O4.C16H21N5O4/c2*1-5-9-8(4)11(22)15(25-9)21-6-17-10-12(21)18-16(20-14(10)24)19-13(23)7(2)3/h6-9,11,15,22H,5H2,1-4H3,(H2,18,19,20,23,24);6-9,15H,5H2,1-4H3,(H2,18,19,20,23,24)/t8-,9-,11-,15-;8-,9-,15-/m11/s1. The van der Waals surface area contributed by atoms with Crippen LogP contribution in [0.25, 0.3) is 22.3 Å². The molecule has 6 rings (SSSR count). The fourth-order valence-electron chi connectivity index (χ4n) is 5.82. The van der Waals surface area contributed by atoms with Crippen molar-refractivity contribution in [3.8, 4) is 0 Å². The lowest BCUT2D eigenvalue weighted by Gasteiger charge is -2.17. The zero-order chi connectivity index (χ0) is 36.6. The SMILES string of the molecule is CC[C@H]1O[C@@H](n2cnc3c(=O)[nH]c(NC(=O)C(C)C)nc32)C(=O)[C@@H]1C.CC[C@H]1O[C@@H](n2cnc3c(=O)[nH]c(NC(=O)C(C)C)nc32)[C@H](O)[C@@H]1C. The lowest BCUT2D eigenvalue weighted by atomic mass is 9.99. The average Bonchev–Trinajstić information content (AvgIpc) is 3.82. The third-order valence-electron chi connectivity index (χ3n) is 9.01. The van der Waals surface area contributed by atoms with Gasteiger partial charge >= 0.3 is 0 Å². The van der Waals surface area contributed by atoms with Gasteiger partial charge in [0.2, 0.25) is 23.7 Å². The van der Waals surface area contributed by atoms with E-state index < -0.39 is 29.7 Å². The number of carbonyl (C=O) groups is 3. The van der Waals surface area contributed by atoms with E-state index in [2.05, 4.69) is 40.5 Å². The summed E-state index contributed by atoms with van der Waals surface area (Å²) in [5.41, 5.74) is -0.276. The van der Waals surface area contributed by atoms with Gasteiger partial charge in [0, 0.05) is 23.7 Å². The van der Waals surface area contributed by atoms with Crippen LogP contribution in [-0.4, -0.2) is 80.1 Å². The summed E-state index contributed by atoms with van der Waals surface area (Å²) >= 11 is 0. The number of fused-ring (bicyclic) bond motifs is 2. The number of carbonyl (C=O) groups excluding carboxylic acids is 3. The van der Waals surface area contributed by atoms with Crippen molar-refractivity contribution in [3.63, 3.8) is 0 Å². The second kappa shape index (κ2) is 14.6.